The molecular weight excluding hydrogens is 356 g/mol. The van der Waals surface area contributed by atoms with Crippen molar-refractivity contribution in [2.45, 2.75) is 38.5 Å². The van der Waals surface area contributed by atoms with Gasteiger partial charge in [0.05, 0.1) is 19.6 Å². The fourth-order valence-corrected chi connectivity index (χ4v) is 4.74. The maximum absolute atomic E-state index is 12.9. The van der Waals surface area contributed by atoms with Crippen LogP contribution in [0.1, 0.15) is 37.7 Å². The summed E-state index contributed by atoms with van der Waals surface area (Å²) in [5, 5.41) is 2.99. The van der Waals surface area contributed by atoms with Crippen LogP contribution in [0.4, 0.5) is 0 Å². The molecule has 0 bridgehead atoms. The highest BCUT2D eigenvalue weighted by Gasteiger charge is 2.52. The third-order valence-corrected chi connectivity index (χ3v) is 6.28. The summed E-state index contributed by atoms with van der Waals surface area (Å²) in [6.07, 6.45) is 5.51. The molecule has 6 nitrogen and oxygen atoms in total. The first-order chi connectivity index (χ1) is 13.6. The second-order valence-corrected chi connectivity index (χ2v) is 8.03. The van der Waals surface area contributed by atoms with Crippen molar-refractivity contribution in [1.29, 1.82) is 0 Å². The number of ether oxygens (including phenoxy) is 2. The van der Waals surface area contributed by atoms with Crippen molar-refractivity contribution < 1.29 is 19.1 Å². The molecule has 154 valence electrons. The number of nitrogens with zero attached hydrogens (tertiary/aromatic N) is 1. The van der Waals surface area contributed by atoms with E-state index in [0.29, 0.717) is 39.1 Å². The number of carbonyl (C=O) groups excluding carboxylic acids is 2. The Morgan fingerprint density at radius 2 is 2.04 bits per heavy atom. The van der Waals surface area contributed by atoms with Gasteiger partial charge in [0.15, 0.2) is 0 Å². The van der Waals surface area contributed by atoms with Gasteiger partial charge in [-0.1, -0.05) is 25.0 Å². The summed E-state index contributed by atoms with van der Waals surface area (Å²) in [7, 11) is 3.27. The van der Waals surface area contributed by atoms with Gasteiger partial charge in [-0.15, -0.1) is 0 Å². The predicted molar refractivity (Wildman–Crippen MR) is 107 cm³/mol. The maximum Gasteiger partial charge on any atom is 0.225 e. The molecule has 1 saturated carbocycles. The van der Waals surface area contributed by atoms with Gasteiger partial charge in [0.2, 0.25) is 11.8 Å². The van der Waals surface area contributed by atoms with E-state index in [0.717, 1.165) is 37.0 Å². The topological polar surface area (TPSA) is 67.9 Å². The van der Waals surface area contributed by atoms with Gasteiger partial charge in [0.25, 0.3) is 0 Å². The summed E-state index contributed by atoms with van der Waals surface area (Å²) in [6, 6.07) is 7.84. The highest BCUT2D eigenvalue weighted by molar-refractivity contribution is 5.83. The molecule has 0 radical (unpaired) electrons. The van der Waals surface area contributed by atoms with Crippen LogP contribution >= 0.6 is 0 Å². The zero-order valence-corrected chi connectivity index (χ0v) is 17.0. The second kappa shape index (κ2) is 9.41. The van der Waals surface area contributed by atoms with E-state index < -0.39 is 0 Å². The lowest BCUT2D eigenvalue weighted by Gasteiger charge is -2.28. The van der Waals surface area contributed by atoms with Crippen molar-refractivity contribution in [2.24, 2.45) is 11.3 Å². The smallest absolute Gasteiger partial charge is 0.225 e. The van der Waals surface area contributed by atoms with Gasteiger partial charge in [0.1, 0.15) is 5.75 Å². The van der Waals surface area contributed by atoms with Gasteiger partial charge in [-0.05, 0) is 37.0 Å². The Bertz CT molecular complexity index is 685. The Morgan fingerprint density at radius 1 is 1.25 bits per heavy atom. The van der Waals surface area contributed by atoms with E-state index in [-0.39, 0.29) is 23.1 Å². The Morgan fingerprint density at radius 3 is 2.75 bits per heavy atom. The number of benzene rings is 1. The molecular formula is C22H32N2O4. The second-order valence-electron chi connectivity index (χ2n) is 8.03. The molecule has 28 heavy (non-hydrogen) atoms. The minimum Gasteiger partial charge on any atom is -0.497 e. The van der Waals surface area contributed by atoms with Crippen LogP contribution in [0, 0.1) is 11.3 Å². The minimum atomic E-state index is -0.104. The van der Waals surface area contributed by atoms with Gasteiger partial charge in [-0.25, -0.2) is 0 Å². The molecule has 3 rings (SSSR count). The molecule has 1 aromatic rings. The van der Waals surface area contributed by atoms with Crippen molar-refractivity contribution in [2.75, 3.05) is 40.5 Å². The van der Waals surface area contributed by atoms with Crippen molar-refractivity contribution in [3.8, 4) is 5.75 Å². The lowest BCUT2D eigenvalue weighted by atomic mass is 9.76. The summed E-state index contributed by atoms with van der Waals surface area (Å²) >= 11 is 0. The molecule has 1 aliphatic heterocycles. The number of nitrogens with one attached hydrogen (secondary N) is 1. The molecule has 1 heterocycles. The number of carbonyl (C=O) groups is 2. The van der Waals surface area contributed by atoms with E-state index in [9.17, 15) is 9.59 Å². The van der Waals surface area contributed by atoms with Crippen LogP contribution in [0.3, 0.4) is 0 Å². The molecule has 1 unspecified atom stereocenters. The van der Waals surface area contributed by atoms with Gasteiger partial charge in [-0.3, -0.25) is 9.59 Å². The van der Waals surface area contributed by atoms with Crippen LogP contribution in [-0.4, -0.2) is 57.2 Å². The number of aryl methyl sites for hydroxylation is 1. The largest absolute Gasteiger partial charge is 0.497 e. The SMILES string of the molecule is COCCNC(=O)C1CN(C(=O)CCc2cccc(OC)c2)CC12CCCC2. The third-order valence-electron chi connectivity index (χ3n) is 6.28. The number of likely N-dealkylation sites (tertiary alicyclic amines) is 1. The van der Waals surface area contributed by atoms with E-state index >= 15 is 0 Å². The summed E-state index contributed by atoms with van der Waals surface area (Å²) < 4.78 is 10.3. The van der Waals surface area contributed by atoms with Gasteiger partial charge < -0.3 is 19.7 Å². The van der Waals surface area contributed by atoms with E-state index in [1.165, 1.54) is 0 Å². The van der Waals surface area contributed by atoms with Crippen LogP contribution in [0.2, 0.25) is 0 Å². The van der Waals surface area contributed by atoms with E-state index in [4.69, 9.17) is 9.47 Å². The van der Waals surface area contributed by atoms with E-state index in [2.05, 4.69) is 5.32 Å². The van der Waals surface area contributed by atoms with Crippen molar-refractivity contribution in [3.63, 3.8) is 0 Å². The molecule has 1 saturated heterocycles. The highest BCUT2D eigenvalue weighted by atomic mass is 16.5. The number of methoxy groups -OCH3 is 2. The van der Waals surface area contributed by atoms with Crippen LogP contribution in [0.25, 0.3) is 0 Å². The quantitative estimate of drug-likeness (QED) is 0.695. The Balaban J connectivity index is 1.60. The Hall–Kier alpha value is -2.08. The Labute approximate surface area is 167 Å². The highest BCUT2D eigenvalue weighted by Crippen LogP contribution is 2.49. The Kier molecular flexibility index (Phi) is 6.94. The van der Waals surface area contributed by atoms with Crippen LogP contribution in [0.5, 0.6) is 5.75 Å². The minimum absolute atomic E-state index is 0.0389. The fourth-order valence-electron chi connectivity index (χ4n) is 4.74. The van der Waals surface area contributed by atoms with E-state index in [1.807, 2.05) is 29.2 Å². The normalized spacial score (nSPS) is 20.5. The van der Waals surface area contributed by atoms with Gasteiger partial charge in [-0.2, -0.15) is 0 Å². The average molecular weight is 389 g/mol. The molecule has 1 aromatic carbocycles. The summed E-state index contributed by atoms with van der Waals surface area (Å²) in [6.45, 7) is 2.28. The molecule has 1 N–H and O–H groups in total. The molecule has 2 fully saturated rings. The van der Waals surface area contributed by atoms with Crippen LogP contribution in [0.15, 0.2) is 24.3 Å². The summed E-state index contributed by atoms with van der Waals surface area (Å²) in [5.74, 6) is 0.916. The standard InChI is InChI=1S/C22H32N2O4/c1-27-13-12-23-21(26)19-15-24(16-22(19)10-3-4-11-22)20(25)9-8-17-6-5-7-18(14-17)28-2/h5-7,14,19H,3-4,8-13,15-16H2,1-2H3,(H,23,26). The molecule has 6 heteroatoms. The number of amides is 2. The predicted octanol–water partition coefficient (Wildman–Crippen LogP) is 2.41. The van der Waals surface area contributed by atoms with Gasteiger partial charge >= 0.3 is 0 Å². The first-order valence-corrected chi connectivity index (χ1v) is 10.3. The molecule has 1 spiro atoms. The molecule has 1 aliphatic carbocycles. The van der Waals surface area contributed by atoms with E-state index in [1.54, 1.807) is 14.2 Å². The zero-order valence-electron chi connectivity index (χ0n) is 17.0. The summed E-state index contributed by atoms with van der Waals surface area (Å²) in [5.41, 5.74) is 1.05. The van der Waals surface area contributed by atoms with Crippen molar-refractivity contribution in [1.82, 2.24) is 10.2 Å². The first-order valence-electron chi connectivity index (χ1n) is 10.3. The molecule has 2 aliphatic rings. The van der Waals surface area contributed by atoms with Crippen LogP contribution < -0.4 is 10.1 Å². The molecule has 1 atom stereocenters. The van der Waals surface area contributed by atoms with Crippen LogP contribution in [-0.2, 0) is 20.7 Å². The first kappa shape index (κ1) is 20.6. The monoisotopic (exact) mass is 388 g/mol. The summed E-state index contributed by atoms with van der Waals surface area (Å²) in [4.78, 5) is 27.6. The fraction of sp³-hybridized carbons (Fsp3) is 0.636. The number of hydrogen-bond acceptors (Lipinski definition) is 4. The van der Waals surface area contributed by atoms with Gasteiger partial charge in [0, 0.05) is 38.6 Å². The maximum atomic E-state index is 12.9. The zero-order chi connectivity index (χ0) is 20.0. The molecule has 2 amide bonds. The number of rotatable bonds is 8. The lowest BCUT2D eigenvalue weighted by Crippen LogP contribution is -2.41. The third kappa shape index (κ3) is 4.66. The molecule has 0 aromatic heterocycles. The van der Waals surface area contributed by atoms with Crippen molar-refractivity contribution >= 4 is 11.8 Å². The van der Waals surface area contributed by atoms with Crippen molar-refractivity contribution in [3.05, 3.63) is 29.8 Å². The average Bonchev–Trinajstić information content (AvgIpc) is 3.34. The number of hydrogen-bond donors (Lipinski definition) is 1. The lowest BCUT2D eigenvalue weighted by molar-refractivity contribution is -0.130.